The van der Waals surface area contributed by atoms with Crippen LogP contribution in [0.3, 0.4) is 0 Å². The molecular weight excluding hydrogens is 207 g/mol. The van der Waals surface area contributed by atoms with E-state index >= 15 is 0 Å². The van der Waals surface area contributed by atoms with E-state index < -0.39 is 10.2 Å². The third kappa shape index (κ3) is 3.10. The van der Waals surface area contributed by atoms with Gasteiger partial charge in [-0.15, -0.1) is 3.89 Å². The van der Waals surface area contributed by atoms with Crippen LogP contribution in [-0.2, 0) is 10.2 Å². The van der Waals surface area contributed by atoms with E-state index in [0.717, 1.165) is 6.08 Å². The molecule has 5 heteroatoms. The standard InChI is InChI=1S/C9H7FO3S/c10-14(12,13)6-5-8-3-1-2-4-9(8)7-11/h1-7H/b6-5+. The van der Waals surface area contributed by atoms with Crippen molar-refractivity contribution in [1.29, 1.82) is 0 Å². The lowest BCUT2D eigenvalue weighted by Crippen LogP contribution is -1.86. The van der Waals surface area contributed by atoms with Crippen LogP contribution in [-0.4, -0.2) is 14.7 Å². The van der Waals surface area contributed by atoms with Crippen LogP contribution in [0.1, 0.15) is 15.9 Å². The van der Waals surface area contributed by atoms with Gasteiger partial charge in [0.05, 0.1) is 5.41 Å². The van der Waals surface area contributed by atoms with Crippen LogP contribution in [0.25, 0.3) is 6.08 Å². The Morgan fingerprint density at radius 1 is 1.14 bits per heavy atom. The molecule has 74 valence electrons. The van der Waals surface area contributed by atoms with Gasteiger partial charge in [0.15, 0.2) is 6.29 Å². The third-order valence-electron chi connectivity index (χ3n) is 1.53. The molecule has 0 aliphatic carbocycles. The Balaban J connectivity index is 3.09. The molecule has 1 aromatic rings. The quantitative estimate of drug-likeness (QED) is 0.569. The van der Waals surface area contributed by atoms with Crippen molar-refractivity contribution in [2.24, 2.45) is 0 Å². The SMILES string of the molecule is O=Cc1ccccc1/C=C/S(=O)(=O)F. The van der Waals surface area contributed by atoms with E-state index in [1.165, 1.54) is 12.1 Å². The predicted octanol–water partition coefficient (Wildman–Crippen LogP) is 1.77. The molecule has 0 fully saturated rings. The van der Waals surface area contributed by atoms with Crippen LogP contribution >= 0.6 is 0 Å². The summed E-state index contributed by atoms with van der Waals surface area (Å²) in [4.78, 5) is 10.5. The highest BCUT2D eigenvalue weighted by Crippen LogP contribution is 2.09. The number of hydrogen-bond donors (Lipinski definition) is 0. The lowest BCUT2D eigenvalue weighted by Gasteiger charge is -1.95. The van der Waals surface area contributed by atoms with Gasteiger partial charge in [-0.1, -0.05) is 24.3 Å². The van der Waals surface area contributed by atoms with Crippen LogP contribution in [0, 0.1) is 0 Å². The van der Waals surface area contributed by atoms with E-state index in [4.69, 9.17) is 0 Å². The summed E-state index contributed by atoms with van der Waals surface area (Å²) < 4.78 is 32.4. The summed E-state index contributed by atoms with van der Waals surface area (Å²) in [5.41, 5.74) is 0.677. The molecule has 1 aromatic carbocycles. The lowest BCUT2D eigenvalue weighted by atomic mass is 10.1. The molecule has 0 aromatic heterocycles. The number of carbonyl (C=O) groups is 1. The Morgan fingerprint density at radius 2 is 1.71 bits per heavy atom. The molecule has 0 saturated heterocycles. The van der Waals surface area contributed by atoms with Gasteiger partial charge in [0.25, 0.3) is 0 Å². The molecule has 0 aliphatic heterocycles. The monoisotopic (exact) mass is 214 g/mol. The average molecular weight is 214 g/mol. The van der Waals surface area contributed by atoms with E-state index in [9.17, 15) is 17.1 Å². The molecule has 0 unspecified atom stereocenters. The number of rotatable bonds is 3. The molecule has 0 bridgehead atoms. The summed E-state index contributed by atoms with van der Waals surface area (Å²) >= 11 is 0. The second-order valence-corrected chi connectivity index (χ2v) is 3.75. The van der Waals surface area contributed by atoms with Gasteiger partial charge in [0, 0.05) is 5.56 Å². The summed E-state index contributed by atoms with van der Waals surface area (Å²) in [6.45, 7) is 0. The van der Waals surface area contributed by atoms with Crippen molar-refractivity contribution in [2.75, 3.05) is 0 Å². The summed E-state index contributed by atoms with van der Waals surface area (Å²) in [7, 11) is -4.64. The minimum atomic E-state index is -4.64. The van der Waals surface area contributed by atoms with Crippen molar-refractivity contribution in [3.8, 4) is 0 Å². The third-order valence-corrected chi connectivity index (χ3v) is 1.99. The summed E-state index contributed by atoms with van der Waals surface area (Å²) in [6.07, 6.45) is 1.61. The average Bonchev–Trinajstić information content (AvgIpc) is 2.14. The maximum absolute atomic E-state index is 12.1. The van der Waals surface area contributed by atoms with Gasteiger partial charge in [-0.05, 0) is 11.6 Å². The highest BCUT2D eigenvalue weighted by molar-refractivity contribution is 7.89. The molecule has 1 rings (SSSR count). The maximum atomic E-state index is 12.1. The number of carbonyl (C=O) groups excluding carboxylic acids is 1. The number of benzene rings is 1. The zero-order valence-corrected chi connectivity index (χ0v) is 7.87. The zero-order valence-electron chi connectivity index (χ0n) is 7.05. The summed E-state index contributed by atoms with van der Waals surface area (Å²) in [5, 5.41) is 0.412. The molecular formula is C9H7FO3S. The number of aldehydes is 1. The Labute approximate surface area is 81.1 Å². The van der Waals surface area contributed by atoms with Crippen molar-refractivity contribution in [2.45, 2.75) is 0 Å². The van der Waals surface area contributed by atoms with E-state index in [-0.39, 0.29) is 0 Å². The molecule has 0 spiro atoms. The van der Waals surface area contributed by atoms with Crippen LogP contribution < -0.4 is 0 Å². The van der Waals surface area contributed by atoms with Crippen molar-refractivity contribution in [1.82, 2.24) is 0 Å². The fraction of sp³-hybridized carbons (Fsp3) is 0. The molecule has 14 heavy (non-hydrogen) atoms. The number of hydrogen-bond acceptors (Lipinski definition) is 3. The molecule has 0 aliphatic rings. The van der Waals surface area contributed by atoms with E-state index in [0.29, 0.717) is 22.8 Å². The first-order chi connectivity index (χ1) is 6.53. The van der Waals surface area contributed by atoms with Gasteiger partial charge in [-0.3, -0.25) is 4.79 Å². The highest BCUT2D eigenvalue weighted by atomic mass is 32.3. The first kappa shape index (κ1) is 10.6. The molecule has 0 atom stereocenters. The van der Waals surface area contributed by atoms with Gasteiger partial charge >= 0.3 is 10.2 Å². The highest BCUT2D eigenvalue weighted by Gasteiger charge is 2.01. The molecule has 0 amide bonds. The van der Waals surface area contributed by atoms with Gasteiger partial charge in [-0.25, -0.2) is 0 Å². The van der Waals surface area contributed by atoms with Crippen molar-refractivity contribution < 1.29 is 17.1 Å². The minimum absolute atomic E-state index is 0.312. The summed E-state index contributed by atoms with van der Waals surface area (Å²) in [6, 6.07) is 6.28. The van der Waals surface area contributed by atoms with Gasteiger partial charge in [0.2, 0.25) is 0 Å². The van der Waals surface area contributed by atoms with Crippen molar-refractivity contribution in [3.05, 3.63) is 40.8 Å². The Morgan fingerprint density at radius 3 is 2.21 bits per heavy atom. The normalized spacial score (nSPS) is 11.8. The minimum Gasteiger partial charge on any atom is -0.298 e. The summed E-state index contributed by atoms with van der Waals surface area (Å²) in [5.74, 6) is 0. The molecule has 0 heterocycles. The Bertz CT molecular complexity index is 463. The van der Waals surface area contributed by atoms with Crippen LogP contribution in [0.5, 0.6) is 0 Å². The van der Waals surface area contributed by atoms with E-state index in [1.807, 2.05) is 0 Å². The Kier molecular flexibility index (Phi) is 3.14. The fourth-order valence-corrected chi connectivity index (χ4v) is 1.23. The zero-order chi connectivity index (χ0) is 10.6. The molecule has 0 saturated carbocycles. The van der Waals surface area contributed by atoms with Crippen molar-refractivity contribution in [3.63, 3.8) is 0 Å². The molecule has 3 nitrogen and oxygen atoms in total. The van der Waals surface area contributed by atoms with E-state index in [2.05, 4.69) is 0 Å². The lowest BCUT2D eigenvalue weighted by molar-refractivity contribution is 0.112. The maximum Gasteiger partial charge on any atom is 0.325 e. The van der Waals surface area contributed by atoms with Crippen LogP contribution in [0.2, 0.25) is 0 Å². The van der Waals surface area contributed by atoms with Crippen LogP contribution in [0.4, 0.5) is 3.89 Å². The second kappa shape index (κ2) is 4.15. The van der Waals surface area contributed by atoms with Gasteiger partial charge < -0.3 is 0 Å². The molecule has 0 radical (unpaired) electrons. The largest absolute Gasteiger partial charge is 0.325 e. The van der Waals surface area contributed by atoms with E-state index in [1.54, 1.807) is 12.1 Å². The van der Waals surface area contributed by atoms with Gasteiger partial charge in [-0.2, -0.15) is 8.42 Å². The second-order valence-electron chi connectivity index (χ2n) is 2.53. The predicted molar refractivity (Wildman–Crippen MR) is 50.9 cm³/mol. The smallest absolute Gasteiger partial charge is 0.298 e. The van der Waals surface area contributed by atoms with Crippen molar-refractivity contribution >= 4 is 22.6 Å². The first-order valence-corrected chi connectivity index (χ1v) is 5.14. The number of halogens is 1. The first-order valence-electron chi connectivity index (χ1n) is 3.70. The van der Waals surface area contributed by atoms with Gasteiger partial charge in [0.1, 0.15) is 0 Å². The fourth-order valence-electron chi connectivity index (χ4n) is 0.925. The molecule has 0 N–H and O–H groups in total. The Hall–Kier alpha value is -1.49. The topological polar surface area (TPSA) is 51.2 Å². The van der Waals surface area contributed by atoms with Crippen LogP contribution in [0.15, 0.2) is 29.7 Å².